The molecule has 0 saturated heterocycles. The minimum atomic E-state index is 0.262. The van der Waals surface area contributed by atoms with Gasteiger partial charge in [0.2, 0.25) is 6.79 Å². The van der Waals surface area contributed by atoms with Gasteiger partial charge in [0.05, 0.1) is 11.6 Å². The number of aryl methyl sites for hydroxylation is 1. The SMILES string of the molecule is Cc1ccc(C#N)c(-c2ccc3c(c2)OCO3)c1. The number of hydrogen-bond donors (Lipinski definition) is 0. The van der Waals surface area contributed by atoms with Crippen LogP contribution >= 0.6 is 0 Å². The van der Waals surface area contributed by atoms with Crippen LogP contribution in [-0.2, 0) is 0 Å². The maximum Gasteiger partial charge on any atom is 0.231 e. The highest BCUT2D eigenvalue weighted by molar-refractivity contribution is 5.73. The zero-order valence-electron chi connectivity index (χ0n) is 9.93. The van der Waals surface area contributed by atoms with Gasteiger partial charge >= 0.3 is 0 Å². The Kier molecular flexibility index (Phi) is 2.42. The van der Waals surface area contributed by atoms with E-state index in [-0.39, 0.29) is 6.79 Å². The van der Waals surface area contributed by atoms with E-state index in [1.807, 2.05) is 43.3 Å². The van der Waals surface area contributed by atoms with Crippen LogP contribution in [0.1, 0.15) is 11.1 Å². The minimum absolute atomic E-state index is 0.262. The highest BCUT2D eigenvalue weighted by atomic mass is 16.7. The maximum atomic E-state index is 9.16. The molecular formula is C15H11NO2. The number of nitrogens with zero attached hydrogens (tertiary/aromatic N) is 1. The van der Waals surface area contributed by atoms with Gasteiger partial charge in [0.25, 0.3) is 0 Å². The monoisotopic (exact) mass is 237 g/mol. The van der Waals surface area contributed by atoms with Crippen LogP contribution in [0, 0.1) is 18.3 Å². The summed E-state index contributed by atoms with van der Waals surface area (Å²) in [4.78, 5) is 0. The summed E-state index contributed by atoms with van der Waals surface area (Å²) in [5.74, 6) is 1.49. The fraction of sp³-hybridized carbons (Fsp3) is 0.133. The average molecular weight is 237 g/mol. The standard InChI is InChI=1S/C15H11NO2/c1-10-2-3-12(8-16)13(6-10)11-4-5-14-15(7-11)18-9-17-14/h2-7H,9H2,1H3. The van der Waals surface area contributed by atoms with Crippen LogP contribution in [0.15, 0.2) is 36.4 Å². The topological polar surface area (TPSA) is 42.2 Å². The Morgan fingerprint density at radius 1 is 1.06 bits per heavy atom. The van der Waals surface area contributed by atoms with Crippen molar-refractivity contribution in [1.82, 2.24) is 0 Å². The second-order valence-electron chi connectivity index (χ2n) is 4.23. The summed E-state index contributed by atoms with van der Waals surface area (Å²) in [6, 6.07) is 13.7. The fourth-order valence-corrected chi connectivity index (χ4v) is 2.06. The molecular weight excluding hydrogens is 226 g/mol. The normalized spacial score (nSPS) is 12.2. The molecule has 1 aliphatic heterocycles. The summed E-state index contributed by atoms with van der Waals surface area (Å²) in [7, 11) is 0. The number of nitriles is 1. The van der Waals surface area contributed by atoms with Crippen molar-refractivity contribution in [2.24, 2.45) is 0 Å². The molecule has 2 aromatic rings. The summed E-state index contributed by atoms with van der Waals surface area (Å²) in [6.07, 6.45) is 0. The highest BCUT2D eigenvalue weighted by Crippen LogP contribution is 2.36. The molecule has 88 valence electrons. The van der Waals surface area contributed by atoms with Crippen LogP contribution in [0.2, 0.25) is 0 Å². The molecule has 0 fully saturated rings. The minimum Gasteiger partial charge on any atom is -0.454 e. The number of benzene rings is 2. The summed E-state index contributed by atoms with van der Waals surface area (Å²) in [6.45, 7) is 2.27. The molecule has 1 heterocycles. The molecule has 18 heavy (non-hydrogen) atoms. The van der Waals surface area contributed by atoms with Crippen molar-refractivity contribution in [3.8, 4) is 28.7 Å². The molecule has 2 aromatic carbocycles. The Labute approximate surface area is 105 Å². The van der Waals surface area contributed by atoms with Gasteiger partial charge in [-0.05, 0) is 36.2 Å². The Hall–Kier alpha value is -2.47. The molecule has 0 aliphatic carbocycles. The molecule has 0 N–H and O–H groups in total. The molecule has 0 saturated carbocycles. The van der Waals surface area contributed by atoms with E-state index in [0.29, 0.717) is 5.56 Å². The van der Waals surface area contributed by atoms with Crippen LogP contribution in [0.5, 0.6) is 11.5 Å². The lowest BCUT2D eigenvalue weighted by atomic mass is 9.98. The van der Waals surface area contributed by atoms with Crippen molar-refractivity contribution in [1.29, 1.82) is 5.26 Å². The van der Waals surface area contributed by atoms with E-state index in [2.05, 4.69) is 6.07 Å². The van der Waals surface area contributed by atoms with E-state index >= 15 is 0 Å². The van der Waals surface area contributed by atoms with Gasteiger partial charge in [0.1, 0.15) is 0 Å². The molecule has 0 spiro atoms. The first-order chi connectivity index (χ1) is 8.78. The van der Waals surface area contributed by atoms with Gasteiger partial charge in [-0.2, -0.15) is 5.26 Å². The Bertz CT molecular complexity index is 656. The first-order valence-corrected chi connectivity index (χ1v) is 5.69. The second-order valence-corrected chi connectivity index (χ2v) is 4.23. The van der Waals surface area contributed by atoms with Crippen LogP contribution in [-0.4, -0.2) is 6.79 Å². The van der Waals surface area contributed by atoms with Gasteiger partial charge in [-0.3, -0.25) is 0 Å². The van der Waals surface area contributed by atoms with Gasteiger partial charge in [0.15, 0.2) is 11.5 Å². The average Bonchev–Trinajstić information content (AvgIpc) is 2.85. The number of rotatable bonds is 1. The number of hydrogen-bond acceptors (Lipinski definition) is 3. The van der Waals surface area contributed by atoms with Crippen LogP contribution in [0.4, 0.5) is 0 Å². The van der Waals surface area contributed by atoms with Gasteiger partial charge in [-0.15, -0.1) is 0 Å². The quantitative estimate of drug-likeness (QED) is 0.764. The molecule has 3 nitrogen and oxygen atoms in total. The molecule has 3 heteroatoms. The van der Waals surface area contributed by atoms with E-state index in [1.54, 1.807) is 0 Å². The molecule has 0 aromatic heterocycles. The van der Waals surface area contributed by atoms with Gasteiger partial charge < -0.3 is 9.47 Å². The van der Waals surface area contributed by atoms with E-state index in [9.17, 15) is 0 Å². The molecule has 3 rings (SSSR count). The Morgan fingerprint density at radius 3 is 2.72 bits per heavy atom. The van der Waals surface area contributed by atoms with Crippen molar-refractivity contribution < 1.29 is 9.47 Å². The maximum absolute atomic E-state index is 9.16. The molecule has 0 amide bonds. The summed E-state index contributed by atoms with van der Waals surface area (Å²) >= 11 is 0. The summed E-state index contributed by atoms with van der Waals surface area (Å²) < 4.78 is 10.6. The third-order valence-corrected chi connectivity index (χ3v) is 2.98. The Balaban J connectivity index is 2.15. The Morgan fingerprint density at radius 2 is 1.89 bits per heavy atom. The zero-order chi connectivity index (χ0) is 12.5. The van der Waals surface area contributed by atoms with Crippen LogP contribution in [0.25, 0.3) is 11.1 Å². The largest absolute Gasteiger partial charge is 0.454 e. The smallest absolute Gasteiger partial charge is 0.231 e. The van der Waals surface area contributed by atoms with Crippen molar-refractivity contribution >= 4 is 0 Å². The van der Waals surface area contributed by atoms with Crippen LogP contribution in [0.3, 0.4) is 0 Å². The predicted octanol–water partition coefficient (Wildman–Crippen LogP) is 3.26. The zero-order valence-corrected chi connectivity index (χ0v) is 9.93. The molecule has 0 radical (unpaired) electrons. The van der Waals surface area contributed by atoms with Crippen molar-refractivity contribution in [3.05, 3.63) is 47.5 Å². The predicted molar refractivity (Wildman–Crippen MR) is 67.5 cm³/mol. The number of fused-ring (bicyclic) bond motifs is 1. The molecule has 0 unspecified atom stereocenters. The molecule has 0 atom stereocenters. The second kappa shape index (κ2) is 4.08. The lowest BCUT2D eigenvalue weighted by Crippen LogP contribution is -1.92. The molecule has 0 bridgehead atoms. The summed E-state index contributed by atoms with van der Waals surface area (Å²) in [5, 5.41) is 9.16. The van der Waals surface area contributed by atoms with Gasteiger partial charge in [-0.25, -0.2) is 0 Å². The van der Waals surface area contributed by atoms with Gasteiger partial charge in [0, 0.05) is 0 Å². The van der Waals surface area contributed by atoms with Crippen molar-refractivity contribution in [2.45, 2.75) is 6.92 Å². The van der Waals surface area contributed by atoms with Crippen molar-refractivity contribution in [2.75, 3.05) is 6.79 Å². The highest BCUT2D eigenvalue weighted by Gasteiger charge is 2.15. The van der Waals surface area contributed by atoms with E-state index in [4.69, 9.17) is 14.7 Å². The van der Waals surface area contributed by atoms with Crippen molar-refractivity contribution in [3.63, 3.8) is 0 Å². The van der Waals surface area contributed by atoms with Crippen LogP contribution < -0.4 is 9.47 Å². The summed E-state index contributed by atoms with van der Waals surface area (Å²) in [5.41, 5.74) is 3.69. The van der Waals surface area contributed by atoms with E-state index in [0.717, 1.165) is 28.2 Å². The first kappa shape index (κ1) is 10.7. The number of ether oxygens (including phenoxy) is 2. The van der Waals surface area contributed by atoms with E-state index in [1.165, 1.54) is 0 Å². The third-order valence-electron chi connectivity index (χ3n) is 2.98. The fourth-order valence-electron chi connectivity index (χ4n) is 2.06. The third kappa shape index (κ3) is 1.68. The van der Waals surface area contributed by atoms with E-state index < -0.39 is 0 Å². The van der Waals surface area contributed by atoms with Gasteiger partial charge in [-0.1, -0.05) is 23.8 Å². The molecule has 1 aliphatic rings. The lowest BCUT2D eigenvalue weighted by molar-refractivity contribution is 0.174. The first-order valence-electron chi connectivity index (χ1n) is 5.69. The lowest BCUT2D eigenvalue weighted by Gasteiger charge is -2.06.